The second-order valence-electron chi connectivity index (χ2n) is 5.39. The maximum atomic E-state index is 12.9. The standard InChI is InChI=1S/C17H18N2O2S/c1-12-9-16(20)18-10-14(12)17(21)19-7-8-22-11-15(19)13-5-3-2-4-6-13/h2-6,9-10,15H,7-8,11H2,1H3,(H,18,20). The molecule has 22 heavy (non-hydrogen) atoms. The number of thioether (sulfide) groups is 1. The van der Waals surface area contributed by atoms with E-state index in [-0.39, 0.29) is 17.5 Å². The number of rotatable bonds is 2. The summed E-state index contributed by atoms with van der Waals surface area (Å²) in [7, 11) is 0. The molecule has 0 bridgehead atoms. The molecule has 1 amide bonds. The SMILES string of the molecule is Cc1cc(=O)[nH]cc1C(=O)N1CCSCC1c1ccccc1. The third-order valence-electron chi connectivity index (χ3n) is 3.94. The molecular weight excluding hydrogens is 296 g/mol. The Kier molecular flexibility index (Phi) is 4.34. The van der Waals surface area contributed by atoms with E-state index in [1.807, 2.05) is 34.9 Å². The molecule has 1 aliphatic rings. The van der Waals surface area contributed by atoms with E-state index >= 15 is 0 Å². The molecule has 0 radical (unpaired) electrons. The average Bonchev–Trinajstić information content (AvgIpc) is 2.55. The summed E-state index contributed by atoms with van der Waals surface area (Å²) in [5.41, 5.74) is 2.28. The molecule has 4 nitrogen and oxygen atoms in total. The molecule has 1 aliphatic heterocycles. The van der Waals surface area contributed by atoms with Gasteiger partial charge in [0.25, 0.3) is 5.91 Å². The minimum absolute atomic E-state index is 0.0112. The lowest BCUT2D eigenvalue weighted by Gasteiger charge is -2.36. The maximum Gasteiger partial charge on any atom is 0.256 e. The molecule has 3 rings (SSSR count). The number of carbonyl (C=O) groups is 1. The summed E-state index contributed by atoms with van der Waals surface area (Å²) in [5, 5.41) is 0. The van der Waals surface area contributed by atoms with Crippen LogP contribution in [-0.4, -0.2) is 33.8 Å². The van der Waals surface area contributed by atoms with Crippen molar-refractivity contribution in [1.29, 1.82) is 0 Å². The second kappa shape index (κ2) is 6.40. The Bertz CT molecular complexity index is 727. The van der Waals surface area contributed by atoms with Crippen molar-refractivity contribution in [2.24, 2.45) is 0 Å². The average molecular weight is 314 g/mol. The van der Waals surface area contributed by atoms with Gasteiger partial charge in [-0.15, -0.1) is 0 Å². The van der Waals surface area contributed by atoms with Crippen molar-refractivity contribution in [3.63, 3.8) is 0 Å². The Morgan fingerprint density at radius 1 is 1.32 bits per heavy atom. The second-order valence-corrected chi connectivity index (χ2v) is 6.54. The van der Waals surface area contributed by atoms with Crippen LogP contribution in [0.2, 0.25) is 0 Å². The number of H-pyrrole nitrogens is 1. The number of hydrogen-bond acceptors (Lipinski definition) is 3. The van der Waals surface area contributed by atoms with Crippen LogP contribution in [0.4, 0.5) is 0 Å². The molecule has 1 aromatic heterocycles. The van der Waals surface area contributed by atoms with Crippen molar-refractivity contribution in [1.82, 2.24) is 9.88 Å². The number of amides is 1. The van der Waals surface area contributed by atoms with E-state index in [9.17, 15) is 9.59 Å². The van der Waals surface area contributed by atoms with Gasteiger partial charge in [-0.3, -0.25) is 9.59 Å². The molecule has 1 unspecified atom stereocenters. The maximum absolute atomic E-state index is 12.9. The Morgan fingerprint density at radius 3 is 2.82 bits per heavy atom. The van der Waals surface area contributed by atoms with Gasteiger partial charge in [-0.2, -0.15) is 11.8 Å². The summed E-state index contributed by atoms with van der Waals surface area (Å²) >= 11 is 1.87. The van der Waals surface area contributed by atoms with Gasteiger partial charge in [0.1, 0.15) is 0 Å². The fourth-order valence-electron chi connectivity index (χ4n) is 2.76. The number of nitrogens with one attached hydrogen (secondary N) is 1. The van der Waals surface area contributed by atoms with Crippen LogP contribution in [-0.2, 0) is 0 Å². The minimum Gasteiger partial charge on any atom is -0.330 e. The Morgan fingerprint density at radius 2 is 2.09 bits per heavy atom. The first-order valence-electron chi connectivity index (χ1n) is 7.30. The molecule has 1 fully saturated rings. The number of hydrogen-bond donors (Lipinski definition) is 1. The van der Waals surface area contributed by atoms with Crippen molar-refractivity contribution in [3.05, 3.63) is 69.6 Å². The smallest absolute Gasteiger partial charge is 0.256 e. The predicted molar refractivity (Wildman–Crippen MR) is 89.3 cm³/mol. The Balaban J connectivity index is 1.93. The molecule has 1 aromatic carbocycles. The summed E-state index contributed by atoms with van der Waals surface area (Å²) in [6.45, 7) is 2.53. The first-order chi connectivity index (χ1) is 10.7. The van der Waals surface area contributed by atoms with Crippen molar-refractivity contribution >= 4 is 17.7 Å². The highest BCUT2D eigenvalue weighted by Crippen LogP contribution is 2.30. The molecule has 0 aliphatic carbocycles. The number of pyridine rings is 1. The molecule has 1 atom stereocenters. The van der Waals surface area contributed by atoms with Crippen LogP contribution in [0, 0.1) is 6.92 Å². The van der Waals surface area contributed by atoms with Gasteiger partial charge >= 0.3 is 0 Å². The largest absolute Gasteiger partial charge is 0.330 e. The Labute approximate surface area is 133 Å². The van der Waals surface area contributed by atoms with Crippen LogP contribution in [0.3, 0.4) is 0 Å². The predicted octanol–water partition coefficient (Wildman–Crippen LogP) is 2.61. The zero-order valence-electron chi connectivity index (χ0n) is 12.4. The zero-order valence-corrected chi connectivity index (χ0v) is 13.2. The van der Waals surface area contributed by atoms with Crippen molar-refractivity contribution in [2.75, 3.05) is 18.1 Å². The molecule has 114 valence electrons. The van der Waals surface area contributed by atoms with Crippen LogP contribution in [0.15, 0.2) is 47.4 Å². The van der Waals surface area contributed by atoms with Crippen LogP contribution in [0.5, 0.6) is 0 Å². The summed E-state index contributed by atoms with van der Waals surface area (Å²) < 4.78 is 0. The van der Waals surface area contributed by atoms with E-state index in [4.69, 9.17) is 0 Å². The quantitative estimate of drug-likeness (QED) is 0.927. The number of aromatic amines is 1. The zero-order chi connectivity index (χ0) is 15.5. The third kappa shape index (κ3) is 2.95. The fourth-order valence-corrected chi connectivity index (χ4v) is 3.84. The summed E-state index contributed by atoms with van der Waals surface area (Å²) in [4.78, 5) is 28.8. The molecule has 1 saturated heterocycles. The molecule has 5 heteroatoms. The van der Waals surface area contributed by atoms with E-state index < -0.39 is 0 Å². The highest BCUT2D eigenvalue weighted by atomic mass is 32.2. The number of benzene rings is 1. The van der Waals surface area contributed by atoms with Gasteiger partial charge in [0.15, 0.2) is 0 Å². The summed E-state index contributed by atoms with van der Waals surface area (Å²) in [5.74, 6) is 1.83. The lowest BCUT2D eigenvalue weighted by Crippen LogP contribution is -2.41. The van der Waals surface area contributed by atoms with Crippen molar-refractivity contribution in [3.8, 4) is 0 Å². The lowest BCUT2D eigenvalue weighted by atomic mass is 10.0. The molecule has 0 saturated carbocycles. The van der Waals surface area contributed by atoms with E-state index in [0.29, 0.717) is 5.56 Å². The number of aryl methyl sites for hydroxylation is 1. The van der Waals surface area contributed by atoms with Crippen LogP contribution in [0.1, 0.15) is 27.5 Å². The molecule has 0 spiro atoms. The van der Waals surface area contributed by atoms with E-state index in [0.717, 1.165) is 29.2 Å². The van der Waals surface area contributed by atoms with Crippen molar-refractivity contribution in [2.45, 2.75) is 13.0 Å². The van der Waals surface area contributed by atoms with E-state index in [1.165, 1.54) is 12.3 Å². The van der Waals surface area contributed by atoms with Gasteiger partial charge in [0, 0.05) is 30.3 Å². The van der Waals surface area contributed by atoms with Gasteiger partial charge in [0.2, 0.25) is 5.56 Å². The van der Waals surface area contributed by atoms with E-state index in [2.05, 4.69) is 17.1 Å². The Hall–Kier alpha value is -2.01. The molecule has 2 heterocycles. The number of carbonyl (C=O) groups excluding carboxylic acids is 1. The van der Waals surface area contributed by atoms with Crippen LogP contribution >= 0.6 is 11.8 Å². The minimum atomic E-state index is -0.178. The van der Waals surface area contributed by atoms with Gasteiger partial charge in [0.05, 0.1) is 11.6 Å². The van der Waals surface area contributed by atoms with Crippen LogP contribution in [0.25, 0.3) is 0 Å². The first-order valence-corrected chi connectivity index (χ1v) is 8.45. The summed E-state index contributed by atoms with van der Waals surface area (Å²) in [6, 6.07) is 11.7. The topological polar surface area (TPSA) is 53.2 Å². The third-order valence-corrected chi connectivity index (χ3v) is 4.96. The highest BCUT2D eigenvalue weighted by Gasteiger charge is 2.29. The first kappa shape index (κ1) is 14.9. The number of nitrogens with zero attached hydrogens (tertiary/aromatic N) is 1. The fraction of sp³-hybridized carbons (Fsp3) is 0.294. The molecule has 2 aromatic rings. The van der Waals surface area contributed by atoms with Gasteiger partial charge in [-0.05, 0) is 18.1 Å². The number of aromatic nitrogens is 1. The van der Waals surface area contributed by atoms with E-state index in [1.54, 1.807) is 6.92 Å². The van der Waals surface area contributed by atoms with Crippen molar-refractivity contribution < 1.29 is 4.79 Å². The highest BCUT2D eigenvalue weighted by molar-refractivity contribution is 7.99. The molecular formula is C17H18N2O2S. The van der Waals surface area contributed by atoms with Gasteiger partial charge < -0.3 is 9.88 Å². The normalized spacial score (nSPS) is 18.2. The van der Waals surface area contributed by atoms with Gasteiger partial charge in [-0.1, -0.05) is 30.3 Å². The summed E-state index contributed by atoms with van der Waals surface area (Å²) in [6.07, 6.45) is 1.53. The monoisotopic (exact) mass is 314 g/mol. The van der Waals surface area contributed by atoms with Crippen LogP contribution < -0.4 is 5.56 Å². The molecule has 1 N–H and O–H groups in total. The van der Waals surface area contributed by atoms with Gasteiger partial charge in [-0.25, -0.2) is 0 Å². The lowest BCUT2D eigenvalue weighted by molar-refractivity contribution is 0.0700.